The predicted octanol–water partition coefficient (Wildman–Crippen LogP) is 3.06. The molecule has 0 spiro atoms. The van der Waals surface area contributed by atoms with E-state index >= 15 is 0 Å². The van der Waals surface area contributed by atoms with Gasteiger partial charge in [0.1, 0.15) is 11.6 Å². The highest BCUT2D eigenvalue weighted by atomic mass is 19.1. The van der Waals surface area contributed by atoms with E-state index in [4.69, 9.17) is 10.2 Å². The Bertz CT molecular complexity index is 503. The van der Waals surface area contributed by atoms with Crippen molar-refractivity contribution in [3.63, 3.8) is 0 Å². The number of rotatable bonds is 3. The molecule has 0 amide bonds. The summed E-state index contributed by atoms with van der Waals surface area (Å²) in [6.45, 7) is 4.39. The lowest BCUT2D eigenvalue weighted by Crippen LogP contribution is -2.00. The van der Waals surface area contributed by atoms with Gasteiger partial charge in [-0.25, -0.2) is 9.37 Å². The van der Waals surface area contributed by atoms with Crippen LogP contribution in [0.1, 0.15) is 31.2 Å². The maximum Gasteiger partial charge on any atom is 0.226 e. The van der Waals surface area contributed by atoms with Crippen LogP contribution in [0.2, 0.25) is 0 Å². The van der Waals surface area contributed by atoms with Gasteiger partial charge in [-0.15, -0.1) is 0 Å². The molecule has 17 heavy (non-hydrogen) atoms. The fraction of sp³-hybridized carbons (Fsp3) is 0.308. The second kappa shape index (κ2) is 4.67. The molecule has 2 N–H and O–H groups in total. The Morgan fingerprint density at radius 3 is 2.41 bits per heavy atom. The van der Waals surface area contributed by atoms with Crippen LogP contribution in [0.15, 0.2) is 28.7 Å². The van der Waals surface area contributed by atoms with Gasteiger partial charge in [0.15, 0.2) is 0 Å². The van der Waals surface area contributed by atoms with E-state index in [1.807, 2.05) is 13.8 Å². The average molecular weight is 234 g/mol. The maximum absolute atomic E-state index is 12.8. The smallest absolute Gasteiger partial charge is 0.226 e. The Hall–Kier alpha value is -1.68. The monoisotopic (exact) mass is 234 g/mol. The van der Waals surface area contributed by atoms with Gasteiger partial charge in [0.05, 0.1) is 12.2 Å². The molecule has 0 radical (unpaired) electrons. The van der Waals surface area contributed by atoms with Crippen molar-refractivity contribution in [2.45, 2.75) is 26.3 Å². The molecule has 4 heteroatoms. The fourth-order valence-electron chi connectivity index (χ4n) is 1.68. The fourth-order valence-corrected chi connectivity index (χ4v) is 1.68. The molecule has 0 aliphatic heterocycles. The summed E-state index contributed by atoms with van der Waals surface area (Å²) in [6, 6.07) is 6.06. The third kappa shape index (κ3) is 2.36. The van der Waals surface area contributed by atoms with Crippen LogP contribution in [0, 0.1) is 5.82 Å². The van der Waals surface area contributed by atoms with Crippen LogP contribution >= 0.6 is 0 Å². The molecule has 2 rings (SSSR count). The first-order valence-corrected chi connectivity index (χ1v) is 5.57. The van der Waals surface area contributed by atoms with E-state index in [0.29, 0.717) is 18.2 Å². The minimum absolute atomic E-state index is 0.256. The number of nitrogens with zero attached hydrogens (tertiary/aromatic N) is 1. The van der Waals surface area contributed by atoms with E-state index in [1.54, 1.807) is 12.1 Å². The Labute approximate surface area is 99.5 Å². The first kappa shape index (κ1) is 11.8. The molecular weight excluding hydrogens is 219 g/mol. The lowest BCUT2D eigenvalue weighted by molar-refractivity contribution is 0.514. The maximum atomic E-state index is 12.8. The van der Waals surface area contributed by atoms with E-state index in [9.17, 15) is 4.39 Å². The summed E-state index contributed by atoms with van der Waals surface area (Å²) < 4.78 is 18.4. The molecule has 0 atom stereocenters. The number of hydrogen-bond acceptors (Lipinski definition) is 3. The molecule has 0 fully saturated rings. The number of aromatic nitrogens is 1. The zero-order chi connectivity index (χ0) is 12.4. The van der Waals surface area contributed by atoms with Crippen molar-refractivity contribution in [3.8, 4) is 11.5 Å². The second-order valence-corrected chi connectivity index (χ2v) is 4.19. The summed E-state index contributed by atoms with van der Waals surface area (Å²) in [5.74, 6) is 1.17. The molecule has 0 saturated heterocycles. The van der Waals surface area contributed by atoms with Crippen molar-refractivity contribution in [1.29, 1.82) is 0 Å². The number of hydrogen-bond donors (Lipinski definition) is 1. The van der Waals surface area contributed by atoms with Crippen LogP contribution in [0.5, 0.6) is 0 Å². The molecule has 0 saturated carbocycles. The zero-order valence-electron chi connectivity index (χ0n) is 9.90. The Kier molecular flexibility index (Phi) is 3.24. The first-order chi connectivity index (χ1) is 8.11. The molecule has 0 unspecified atom stereocenters. The molecule has 0 bridgehead atoms. The summed E-state index contributed by atoms with van der Waals surface area (Å²) in [5.41, 5.74) is 7.24. The van der Waals surface area contributed by atoms with Gasteiger partial charge >= 0.3 is 0 Å². The summed E-state index contributed by atoms with van der Waals surface area (Å²) >= 11 is 0. The topological polar surface area (TPSA) is 52.0 Å². The highest BCUT2D eigenvalue weighted by Crippen LogP contribution is 2.26. The third-order valence-electron chi connectivity index (χ3n) is 2.55. The molecule has 0 aliphatic rings. The Morgan fingerprint density at radius 2 is 1.94 bits per heavy atom. The SMILES string of the molecule is CC(C)c1nc(-c2ccc(F)cc2)oc1CN. The number of halogens is 1. The van der Waals surface area contributed by atoms with Crippen molar-refractivity contribution in [1.82, 2.24) is 4.98 Å². The van der Waals surface area contributed by atoms with E-state index in [0.717, 1.165) is 11.3 Å². The minimum atomic E-state index is -0.275. The van der Waals surface area contributed by atoms with Gasteiger partial charge in [-0.1, -0.05) is 13.8 Å². The molecule has 1 heterocycles. The highest BCUT2D eigenvalue weighted by Gasteiger charge is 2.15. The quantitative estimate of drug-likeness (QED) is 0.887. The predicted molar refractivity (Wildman–Crippen MR) is 63.9 cm³/mol. The lowest BCUT2D eigenvalue weighted by Gasteiger charge is -1.99. The van der Waals surface area contributed by atoms with Gasteiger partial charge in [-0.2, -0.15) is 0 Å². The highest BCUT2D eigenvalue weighted by molar-refractivity contribution is 5.53. The van der Waals surface area contributed by atoms with Crippen LogP contribution in [0.4, 0.5) is 4.39 Å². The average Bonchev–Trinajstić information content (AvgIpc) is 2.74. The summed E-state index contributed by atoms with van der Waals surface area (Å²) in [7, 11) is 0. The van der Waals surface area contributed by atoms with Crippen LogP contribution in [0.3, 0.4) is 0 Å². The number of nitrogens with two attached hydrogens (primary N) is 1. The van der Waals surface area contributed by atoms with Gasteiger partial charge in [0.2, 0.25) is 5.89 Å². The molecule has 2 aromatic rings. The molecule has 1 aromatic carbocycles. The standard InChI is InChI=1S/C13H15FN2O/c1-8(2)12-11(7-15)17-13(16-12)9-3-5-10(14)6-4-9/h3-6,8H,7,15H2,1-2H3. The van der Waals surface area contributed by atoms with Gasteiger partial charge in [-0.3, -0.25) is 0 Å². The Balaban J connectivity index is 2.42. The van der Waals surface area contributed by atoms with Crippen LogP contribution in [0.25, 0.3) is 11.5 Å². The van der Waals surface area contributed by atoms with Crippen molar-refractivity contribution in [2.75, 3.05) is 0 Å². The third-order valence-corrected chi connectivity index (χ3v) is 2.55. The summed E-state index contributed by atoms with van der Waals surface area (Å²) in [6.07, 6.45) is 0. The van der Waals surface area contributed by atoms with Crippen LogP contribution < -0.4 is 5.73 Å². The van der Waals surface area contributed by atoms with Gasteiger partial charge in [0.25, 0.3) is 0 Å². The van der Waals surface area contributed by atoms with Gasteiger partial charge < -0.3 is 10.2 Å². The van der Waals surface area contributed by atoms with Gasteiger partial charge in [0, 0.05) is 5.56 Å². The lowest BCUT2D eigenvalue weighted by atomic mass is 10.1. The van der Waals surface area contributed by atoms with Gasteiger partial charge in [-0.05, 0) is 30.2 Å². The van der Waals surface area contributed by atoms with E-state index in [2.05, 4.69) is 4.98 Å². The summed E-state index contributed by atoms with van der Waals surface area (Å²) in [4.78, 5) is 4.41. The molecule has 0 aliphatic carbocycles. The van der Waals surface area contributed by atoms with Crippen molar-refractivity contribution >= 4 is 0 Å². The second-order valence-electron chi connectivity index (χ2n) is 4.19. The van der Waals surface area contributed by atoms with Crippen LogP contribution in [-0.4, -0.2) is 4.98 Å². The minimum Gasteiger partial charge on any atom is -0.440 e. The Morgan fingerprint density at radius 1 is 1.29 bits per heavy atom. The zero-order valence-corrected chi connectivity index (χ0v) is 9.90. The van der Waals surface area contributed by atoms with Crippen molar-refractivity contribution in [2.24, 2.45) is 5.73 Å². The number of benzene rings is 1. The van der Waals surface area contributed by atoms with Crippen molar-refractivity contribution < 1.29 is 8.81 Å². The van der Waals surface area contributed by atoms with E-state index in [1.165, 1.54) is 12.1 Å². The largest absolute Gasteiger partial charge is 0.440 e. The molecule has 90 valence electrons. The molecule has 3 nitrogen and oxygen atoms in total. The number of oxazole rings is 1. The molecule has 1 aromatic heterocycles. The van der Waals surface area contributed by atoms with Crippen LogP contribution in [-0.2, 0) is 6.54 Å². The molecular formula is C13H15FN2O. The van der Waals surface area contributed by atoms with E-state index < -0.39 is 0 Å². The first-order valence-electron chi connectivity index (χ1n) is 5.57. The summed E-state index contributed by atoms with van der Waals surface area (Å²) in [5, 5.41) is 0. The van der Waals surface area contributed by atoms with E-state index in [-0.39, 0.29) is 11.7 Å². The normalized spacial score (nSPS) is 11.1. The van der Waals surface area contributed by atoms with Crippen molar-refractivity contribution in [3.05, 3.63) is 41.5 Å².